The van der Waals surface area contributed by atoms with Gasteiger partial charge in [0.15, 0.2) is 0 Å². The quantitative estimate of drug-likeness (QED) is 0.829. The number of carbonyl (C=O) groups is 1. The number of aliphatic carboxylic acids is 1. The average molecular weight is 280 g/mol. The molecule has 0 aromatic carbocycles. The Morgan fingerprint density at radius 2 is 2.00 bits per heavy atom. The second-order valence-electron chi connectivity index (χ2n) is 7.94. The molecule has 0 amide bonds. The van der Waals surface area contributed by atoms with Crippen molar-refractivity contribution in [3.05, 3.63) is 0 Å². The van der Waals surface area contributed by atoms with E-state index in [4.69, 9.17) is 0 Å². The summed E-state index contributed by atoms with van der Waals surface area (Å²) in [4.78, 5) is 14.4. The molecule has 4 heteroatoms. The lowest BCUT2D eigenvalue weighted by atomic mass is 9.78. The van der Waals surface area contributed by atoms with Crippen molar-refractivity contribution >= 4 is 5.97 Å². The molecule has 0 radical (unpaired) electrons. The molecule has 2 saturated carbocycles. The largest absolute Gasteiger partial charge is 0.480 e. The molecule has 1 saturated heterocycles. The van der Waals surface area contributed by atoms with Gasteiger partial charge in [0.05, 0.1) is 0 Å². The van der Waals surface area contributed by atoms with Crippen molar-refractivity contribution in [2.75, 3.05) is 13.1 Å². The monoisotopic (exact) mass is 280 g/mol. The minimum atomic E-state index is -0.656. The molecule has 0 aromatic heterocycles. The lowest BCUT2D eigenvalue weighted by Gasteiger charge is -2.42. The molecular weight excluding hydrogens is 252 g/mol. The summed E-state index contributed by atoms with van der Waals surface area (Å²) < 4.78 is 0. The van der Waals surface area contributed by atoms with Gasteiger partial charge in [-0.15, -0.1) is 0 Å². The molecule has 0 bridgehead atoms. The van der Waals surface area contributed by atoms with Crippen molar-refractivity contribution in [2.24, 2.45) is 5.41 Å². The highest BCUT2D eigenvalue weighted by atomic mass is 16.4. The van der Waals surface area contributed by atoms with Crippen LogP contribution in [0.3, 0.4) is 0 Å². The maximum Gasteiger partial charge on any atom is 0.323 e. The van der Waals surface area contributed by atoms with E-state index in [2.05, 4.69) is 24.1 Å². The van der Waals surface area contributed by atoms with Crippen LogP contribution in [0.4, 0.5) is 0 Å². The molecule has 0 spiro atoms. The van der Waals surface area contributed by atoms with E-state index in [1.54, 1.807) is 0 Å². The zero-order chi connectivity index (χ0) is 14.4. The fourth-order valence-electron chi connectivity index (χ4n) is 4.03. The maximum absolute atomic E-state index is 11.8. The van der Waals surface area contributed by atoms with Crippen molar-refractivity contribution in [1.29, 1.82) is 0 Å². The zero-order valence-electron chi connectivity index (χ0n) is 12.8. The summed E-state index contributed by atoms with van der Waals surface area (Å²) in [5.74, 6) is -0.632. The van der Waals surface area contributed by atoms with E-state index in [-0.39, 0.29) is 0 Å². The fraction of sp³-hybridized carbons (Fsp3) is 0.938. The highest BCUT2D eigenvalue weighted by Gasteiger charge is 2.48. The zero-order valence-corrected chi connectivity index (χ0v) is 12.8. The number of hydrogen-bond acceptors (Lipinski definition) is 3. The first kappa shape index (κ1) is 14.3. The topological polar surface area (TPSA) is 52.6 Å². The molecule has 1 heterocycles. The molecule has 2 atom stereocenters. The first-order valence-electron chi connectivity index (χ1n) is 8.15. The number of hydrogen-bond donors (Lipinski definition) is 2. The number of likely N-dealkylation sites (tertiary alicyclic amines) is 1. The van der Waals surface area contributed by atoms with Crippen molar-refractivity contribution in [3.63, 3.8) is 0 Å². The van der Waals surface area contributed by atoms with Gasteiger partial charge in [0.2, 0.25) is 0 Å². The van der Waals surface area contributed by atoms with Gasteiger partial charge in [-0.3, -0.25) is 15.0 Å². The van der Waals surface area contributed by atoms with Gasteiger partial charge >= 0.3 is 5.97 Å². The van der Waals surface area contributed by atoms with Crippen LogP contribution in [0.15, 0.2) is 0 Å². The summed E-state index contributed by atoms with van der Waals surface area (Å²) in [7, 11) is 0. The summed E-state index contributed by atoms with van der Waals surface area (Å²) in [6.07, 6.45) is 7.32. The highest BCUT2D eigenvalue weighted by Crippen LogP contribution is 2.38. The van der Waals surface area contributed by atoms with Crippen molar-refractivity contribution in [3.8, 4) is 0 Å². The van der Waals surface area contributed by atoms with Crippen LogP contribution in [-0.4, -0.2) is 46.7 Å². The highest BCUT2D eigenvalue weighted by molar-refractivity contribution is 5.79. The summed E-state index contributed by atoms with van der Waals surface area (Å²) >= 11 is 0. The number of carboxylic acids is 1. The van der Waals surface area contributed by atoms with Crippen LogP contribution in [-0.2, 0) is 4.79 Å². The van der Waals surface area contributed by atoms with E-state index < -0.39 is 11.5 Å². The lowest BCUT2D eigenvalue weighted by Crippen LogP contribution is -2.58. The molecular formula is C16H28N2O2. The molecule has 2 aliphatic carbocycles. The van der Waals surface area contributed by atoms with Gasteiger partial charge in [-0.25, -0.2) is 0 Å². The van der Waals surface area contributed by atoms with Crippen molar-refractivity contribution in [1.82, 2.24) is 10.2 Å². The van der Waals surface area contributed by atoms with Gasteiger partial charge in [0, 0.05) is 18.6 Å². The molecule has 3 fully saturated rings. The van der Waals surface area contributed by atoms with Gasteiger partial charge in [0.1, 0.15) is 5.54 Å². The Hall–Kier alpha value is -0.610. The predicted molar refractivity (Wildman–Crippen MR) is 78.8 cm³/mol. The van der Waals surface area contributed by atoms with E-state index in [0.717, 1.165) is 51.6 Å². The molecule has 3 aliphatic rings. The van der Waals surface area contributed by atoms with Crippen molar-refractivity contribution in [2.45, 2.75) is 76.4 Å². The minimum Gasteiger partial charge on any atom is -0.480 e. The van der Waals surface area contributed by atoms with Crippen LogP contribution in [0.1, 0.15) is 58.8 Å². The van der Waals surface area contributed by atoms with Crippen LogP contribution in [0.2, 0.25) is 0 Å². The minimum absolute atomic E-state index is 0.396. The first-order valence-corrected chi connectivity index (χ1v) is 8.15. The summed E-state index contributed by atoms with van der Waals surface area (Å²) in [5.41, 5.74) is -0.260. The smallest absolute Gasteiger partial charge is 0.323 e. The maximum atomic E-state index is 11.8. The van der Waals surface area contributed by atoms with E-state index in [1.807, 2.05) is 0 Å². The Morgan fingerprint density at radius 1 is 1.25 bits per heavy atom. The van der Waals surface area contributed by atoms with Crippen LogP contribution >= 0.6 is 0 Å². The molecule has 4 nitrogen and oxygen atoms in total. The normalized spacial score (nSPS) is 38.0. The molecule has 0 aromatic rings. The number of nitrogens with zero attached hydrogens (tertiary/aromatic N) is 1. The summed E-state index contributed by atoms with van der Waals surface area (Å²) in [6.45, 7) is 6.90. The van der Waals surface area contributed by atoms with Gasteiger partial charge in [-0.1, -0.05) is 13.8 Å². The van der Waals surface area contributed by atoms with Gasteiger partial charge in [-0.05, 0) is 56.9 Å². The molecule has 3 rings (SSSR count). The standard InChI is InChI=1S/C16H28N2O2/c1-15(2)8-9-18(11-15)13-4-3-7-16(10-13,14(19)20)17-12-5-6-12/h12-13,17H,3-11H2,1-2H3,(H,19,20). The Morgan fingerprint density at radius 3 is 2.55 bits per heavy atom. The SMILES string of the molecule is CC1(C)CCN(C2CCCC(NC3CC3)(C(=O)O)C2)C1. The Balaban J connectivity index is 1.69. The van der Waals surface area contributed by atoms with Crippen molar-refractivity contribution < 1.29 is 9.90 Å². The number of nitrogens with one attached hydrogen (secondary N) is 1. The summed E-state index contributed by atoms with van der Waals surface area (Å²) in [6, 6.07) is 0.910. The Bertz CT molecular complexity index is 392. The molecule has 2 N–H and O–H groups in total. The fourth-order valence-corrected chi connectivity index (χ4v) is 4.03. The third-order valence-electron chi connectivity index (χ3n) is 5.42. The van der Waals surface area contributed by atoms with E-state index in [9.17, 15) is 9.90 Å². The summed E-state index contributed by atoms with van der Waals surface area (Å²) in [5, 5.41) is 13.2. The Labute approximate surface area is 121 Å². The second kappa shape index (κ2) is 4.99. The molecule has 114 valence electrons. The van der Waals surface area contributed by atoms with Crippen LogP contribution in [0, 0.1) is 5.41 Å². The van der Waals surface area contributed by atoms with E-state index in [1.165, 1.54) is 6.42 Å². The van der Waals surface area contributed by atoms with Gasteiger partial charge in [0.25, 0.3) is 0 Å². The Kier molecular flexibility index (Phi) is 3.57. The van der Waals surface area contributed by atoms with E-state index in [0.29, 0.717) is 17.5 Å². The lowest BCUT2D eigenvalue weighted by molar-refractivity contribution is -0.147. The van der Waals surface area contributed by atoms with Gasteiger partial charge < -0.3 is 5.11 Å². The third kappa shape index (κ3) is 2.86. The second-order valence-corrected chi connectivity index (χ2v) is 7.94. The average Bonchev–Trinajstić information content (AvgIpc) is 3.11. The molecule has 1 aliphatic heterocycles. The molecule has 2 unspecified atom stereocenters. The van der Waals surface area contributed by atoms with Gasteiger partial charge in [-0.2, -0.15) is 0 Å². The van der Waals surface area contributed by atoms with E-state index >= 15 is 0 Å². The third-order valence-corrected chi connectivity index (χ3v) is 5.42. The van der Waals surface area contributed by atoms with Crippen LogP contribution in [0.5, 0.6) is 0 Å². The van der Waals surface area contributed by atoms with Crippen LogP contribution in [0.25, 0.3) is 0 Å². The number of rotatable bonds is 4. The number of carboxylic acid groups (broad SMARTS) is 1. The van der Waals surface area contributed by atoms with Crippen LogP contribution < -0.4 is 5.32 Å². The molecule has 20 heavy (non-hydrogen) atoms. The predicted octanol–water partition coefficient (Wildman–Crippen LogP) is 2.24. The first-order chi connectivity index (χ1) is 9.40.